The summed E-state index contributed by atoms with van der Waals surface area (Å²) in [6.45, 7) is 0.540. The van der Waals surface area contributed by atoms with Crippen LogP contribution < -0.4 is 15.4 Å². The summed E-state index contributed by atoms with van der Waals surface area (Å²) in [4.78, 5) is 39.7. The number of amides is 1. The molecule has 43 heavy (non-hydrogen) atoms. The second-order valence-electron chi connectivity index (χ2n) is 9.98. The smallest absolute Gasteiger partial charge is 0.419 e. The van der Waals surface area contributed by atoms with Crippen molar-refractivity contribution in [3.8, 4) is 6.01 Å². The van der Waals surface area contributed by atoms with E-state index in [1.807, 2.05) is 14.1 Å². The van der Waals surface area contributed by atoms with E-state index in [9.17, 15) is 32.5 Å². The van der Waals surface area contributed by atoms with E-state index in [4.69, 9.17) is 4.74 Å². The minimum atomic E-state index is -4.89. The molecule has 0 bridgehead atoms. The van der Waals surface area contributed by atoms with Crippen LogP contribution in [0, 0.1) is 15.9 Å². The lowest BCUT2D eigenvalue weighted by molar-refractivity contribution is -0.898. The van der Waals surface area contributed by atoms with Crippen LogP contribution in [0.2, 0.25) is 0 Å². The van der Waals surface area contributed by atoms with Crippen LogP contribution in [0.1, 0.15) is 11.3 Å². The molecule has 1 amide bonds. The number of ether oxygens (including phenoxy) is 1. The van der Waals surface area contributed by atoms with E-state index < -0.39 is 28.4 Å². The molecule has 0 aliphatic heterocycles. The zero-order valence-corrected chi connectivity index (χ0v) is 23.3. The standard InChI is InChI=1S/C26H25F4N9O4/c1-37-20(24(38(41)42)36-25(37)43-4)13-39(2,3)9-5-6-22(40)35-21-11-16-19(12-31-21)32-14-33-23(16)34-15-7-8-18(27)17(10-15)26(28,29)30/h5-8,10-12,14H,9,13H2,1-4H3,(H-,31,32,33,34,35,40)/p+1. The fourth-order valence-corrected chi connectivity index (χ4v) is 4.17. The monoisotopic (exact) mass is 604 g/mol. The van der Waals surface area contributed by atoms with Crippen LogP contribution in [0.15, 0.2) is 48.9 Å². The third-order valence-corrected chi connectivity index (χ3v) is 6.26. The van der Waals surface area contributed by atoms with Gasteiger partial charge in [0.2, 0.25) is 5.91 Å². The number of alkyl halides is 3. The number of nitro groups is 1. The van der Waals surface area contributed by atoms with Gasteiger partial charge in [-0.25, -0.2) is 19.3 Å². The molecule has 0 saturated heterocycles. The third-order valence-electron chi connectivity index (χ3n) is 6.26. The summed E-state index contributed by atoms with van der Waals surface area (Å²) in [7, 11) is 6.62. The van der Waals surface area contributed by atoms with Crippen molar-refractivity contribution in [2.24, 2.45) is 7.05 Å². The maximum atomic E-state index is 13.7. The van der Waals surface area contributed by atoms with Crippen molar-refractivity contribution in [2.45, 2.75) is 12.7 Å². The topological polar surface area (TPSA) is 150 Å². The minimum absolute atomic E-state index is 0.0605. The van der Waals surface area contributed by atoms with E-state index in [2.05, 4.69) is 30.6 Å². The molecule has 0 spiro atoms. The van der Waals surface area contributed by atoms with Crippen LogP contribution in [0.5, 0.6) is 6.01 Å². The molecule has 0 atom stereocenters. The first-order valence-electron chi connectivity index (χ1n) is 12.5. The molecule has 0 unspecified atom stereocenters. The summed E-state index contributed by atoms with van der Waals surface area (Å²) in [5.41, 5.74) is -0.803. The molecule has 2 N–H and O–H groups in total. The predicted molar refractivity (Wildman–Crippen MR) is 147 cm³/mol. The summed E-state index contributed by atoms with van der Waals surface area (Å²) in [5.74, 6) is -2.03. The molecule has 3 aromatic heterocycles. The van der Waals surface area contributed by atoms with Crippen molar-refractivity contribution < 1.29 is 36.5 Å². The van der Waals surface area contributed by atoms with Gasteiger partial charge in [-0.15, -0.1) is 0 Å². The lowest BCUT2D eigenvalue weighted by Crippen LogP contribution is -2.39. The van der Waals surface area contributed by atoms with Crippen LogP contribution in [0.3, 0.4) is 0 Å². The minimum Gasteiger partial charge on any atom is -0.449 e. The van der Waals surface area contributed by atoms with Gasteiger partial charge < -0.3 is 30.0 Å². The van der Waals surface area contributed by atoms with Gasteiger partial charge >= 0.3 is 18.0 Å². The molecule has 4 rings (SSSR count). The number of carbonyl (C=O) groups is 1. The summed E-state index contributed by atoms with van der Waals surface area (Å²) in [5, 5.41) is 17.1. The maximum absolute atomic E-state index is 13.7. The van der Waals surface area contributed by atoms with E-state index in [1.54, 1.807) is 13.1 Å². The number of nitrogens with zero attached hydrogens (tertiary/aromatic N) is 7. The van der Waals surface area contributed by atoms with Crippen molar-refractivity contribution in [2.75, 3.05) is 38.4 Å². The van der Waals surface area contributed by atoms with Gasteiger partial charge in [-0.2, -0.15) is 13.2 Å². The normalized spacial score (nSPS) is 12.1. The number of methoxy groups -OCH3 is 1. The first-order valence-corrected chi connectivity index (χ1v) is 12.5. The van der Waals surface area contributed by atoms with Crippen molar-refractivity contribution in [1.29, 1.82) is 0 Å². The Morgan fingerprint density at radius 2 is 1.95 bits per heavy atom. The van der Waals surface area contributed by atoms with E-state index in [0.717, 1.165) is 6.07 Å². The van der Waals surface area contributed by atoms with Gasteiger partial charge in [-0.3, -0.25) is 9.36 Å². The average molecular weight is 605 g/mol. The molecule has 0 aliphatic carbocycles. The van der Waals surface area contributed by atoms with Gasteiger partial charge in [-0.05, 0) is 35.3 Å². The Morgan fingerprint density at radius 1 is 1.21 bits per heavy atom. The number of halogens is 4. The molecular weight excluding hydrogens is 578 g/mol. The largest absolute Gasteiger partial charge is 0.449 e. The van der Waals surface area contributed by atoms with Gasteiger partial charge in [0, 0.05) is 29.2 Å². The Balaban J connectivity index is 1.47. The summed E-state index contributed by atoms with van der Waals surface area (Å²) in [6.07, 6.45) is 0.517. The number of pyridine rings is 1. The molecule has 0 radical (unpaired) electrons. The van der Waals surface area contributed by atoms with Crippen LogP contribution in [-0.2, 0) is 24.6 Å². The predicted octanol–water partition coefficient (Wildman–Crippen LogP) is 4.35. The number of benzene rings is 1. The lowest BCUT2D eigenvalue weighted by Gasteiger charge is -2.27. The molecule has 226 valence electrons. The molecule has 17 heteroatoms. The number of carbonyl (C=O) groups excluding carboxylic acids is 1. The van der Waals surface area contributed by atoms with Crippen molar-refractivity contribution >= 4 is 40.0 Å². The van der Waals surface area contributed by atoms with Gasteiger partial charge in [-0.1, -0.05) is 0 Å². The van der Waals surface area contributed by atoms with Crippen LogP contribution in [0.25, 0.3) is 10.9 Å². The van der Waals surface area contributed by atoms with E-state index >= 15 is 0 Å². The van der Waals surface area contributed by atoms with Gasteiger partial charge in [0.05, 0.1) is 45.0 Å². The second kappa shape index (κ2) is 12.0. The highest BCUT2D eigenvalue weighted by molar-refractivity contribution is 6.00. The Morgan fingerprint density at radius 3 is 2.63 bits per heavy atom. The molecule has 4 aromatic rings. The Labute approximate surface area is 241 Å². The number of rotatable bonds is 10. The van der Waals surface area contributed by atoms with E-state index in [1.165, 1.54) is 36.3 Å². The van der Waals surface area contributed by atoms with Crippen LogP contribution in [-0.4, -0.2) is 67.6 Å². The fourth-order valence-electron chi connectivity index (χ4n) is 4.17. The number of hydrogen-bond donors (Lipinski definition) is 2. The number of imidazole rings is 1. The maximum Gasteiger partial charge on any atom is 0.419 e. The Bertz CT molecular complexity index is 1720. The van der Waals surface area contributed by atoms with E-state index in [-0.39, 0.29) is 40.2 Å². The molecule has 0 fully saturated rings. The lowest BCUT2D eigenvalue weighted by atomic mass is 10.1. The number of hydrogen-bond acceptors (Lipinski definition) is 9. The van der Waals surface area contributed by atoms with Gasteiger partial charge in [0.1, 0.15) is 30.3 Å². The zero-order chi connectivity index (χ0) is 31.5. The molecule has 1 aromatic carbocycles. The second-order valence-corrected chi connectivity index (χ2v) is 9.98. The van der Waals surface area contributed by atoms with Crippen molar-refractivity contribution in [1.82, 2.24) is 24.5 Å². The number of likely N-dealkylation sites (N-methyl/N-ethyl adjacent to an activating group) is 1. The third kappa shape index (κ3) is 7.18. The average Bonchev–Trinajstić information content (AvgIpc) is 3.23. The number of fused-ring (bicyclic) bond motifs is 1. The summed E-state index contributed by atoms with van der Waals surface area (Å²) in [6, 6.07) is 4.00. The molecule has 0 saturated carbocycles. The highest BCUT2D eigenvalue weighted by Crippen LogP contribution is 2.34. The Hall–Kier alpha value is -5.19. The molecule has 13 nitrogen and oxygen atoms in total. The number of quaternary nitrogens is 1. The summed E-state index contributed by atoms with van der Waals surface area (Å²) >= 11 is 0. The molecular formula is C26H26F4N9O4+. The summed E-state index contributed by atoms with van der Waals surface area (Å²) < 4.78 is 59.9. The van der Waals surface area contributed by atoms with E-state index in [0.29, 0.717) is 35.3 Å². The zero-order valence-electron chi connectivity index (χ0n) is 23.3. The number of nitrogens with one attached hydrogen (secondary N) is 2. The Kier molecular flexibility index (Phi) is 8.56. The highest BCUT2D eigenvalue weighted by atomic mass is 19.4. The quantitative estimate of drug-likeness (QED) is 0.0886. The first-order chi connectivity index (χ1) is 20.2. The fraction of sp³-hybridized carbons (Fsp3) is 0.269. The number of aromatic nitrogens is 5. The van der Waals surface area contributed by atoms with Crippen molar-refractivity contribution in [3.63, 3.8) is 0 Å². The van der Waals surface area contributed by atoms with Gasteiger partial charge in [0.25, 0.3) is 0 Å². The molecule has 3 heterocycles. The van der Waals surface area contributed by atoms with Crippen LogP contribution >= 0.6 is 0 Å². The van der Waals surface area contributed by atoms with Crippen LogP contribution in [0.4, 0.5) is 40.7 Å². The SMILES string of the molecule is COc1nc([N+](=O)[O-])c(C[N+](C)(C)CC=CC(=O)Nc2cc3c(Nc4ccc(F)c(C(F)(F)F)c4)ncnc3cn2)n1C. The molecule has 0 aliphatic rings. The highest BCUT2D eigenvalue weighted by Gasteiger charge is 2.34. The first kappa shape index (κ1) is 30.8. The number of anilines is 3. The van der Waals surface area contributed by atoms with Crippen molar-refractivity contribution in [3.05, 3.63) is 76.1 Å². The van der Waals surface area contributed by atoms with Gasteiger partial charge in [0.15, 0.2) is 5.69 Å².